The summed E-state index contributed by atoms with van der Waals surface area (Å²) in [6, 6.07) is 20.4. The maximum absolute atomic E-state index is 13.3. The van der Waals surface area contributed by atoms with Gasteiger partial charge in [0.25, 0.3) is 5.91 Å². The van der Waals surface area contributed by atoms with E-state index in [0.717, 1.165) is 19.3 Å². The molecule has 0 saturated heterocycles. The molecule has 3 atom stereocenters. The van der Waals surface area contributed by atoms with Gasteiger partial charge < -0.3 is 19.2 Å². The summed E-state index contributed by atoms with van der Waals surface area (Å²) >= 11 is 0. The molecule has 228 valence electrons. The number of hydrogen-bond acceptors (Lipinski definition) is 7. The average Bonchev–Trinajstić information content (AvgIpc) is 3.02. The Balaban J connectivity index is 1.29. The molecule has 0 spiro atoms. The fourth-order valence-corrected chi connectivity index (χ4v) is 5.95. The van der Waals surface area contributed by atoms with Gasteiger partial charge in [-0.15, -0.1) is 0 Å². The first-order valence-corrected chi connectivity index (χ1v) is 15.0. The summed E-state index contributed by atoms with van der Waals surface area (Å²) in [5.74, 6) is -0.472. The average molecular weight is 596 g/mol. The molecular formula is C36H37NO7. The van der Waals surface area contributed by atoms with Crippen molar-refractivity contribution >= 4 is 34.5 Å². The van der Waals surface area contributed by atoms with Gasteiger partial charge in [-0.2, -0.15) is 0 Å². The lowest BCUT2D eigenvalue weighted by atomic mass is 9.75. The molecule has 1 aromatic heterocycles. The Morgan fingerprint density at radius 2 is 1.61 bits per heavy atom. The Hall–Kier alpha value is -4.72. The van der Waals surface area contributed by atoms with E-state index in [1.165, 1.54) is 6.07 Å². The van der Waals surface area contributed by atoms with E-state index in [2.05, 4.69) is 26.1 Å². The molecule has 4 aromatic rings. The molecule has 1 saturated carbocycles. The first kappa shape index (κ1) is 30.7. The topological polar surface area (TPSA) is 112 Å². The van der Waals surface area contributed by atoms with E-state index >= 15 is 0 Å². The van der Waals surface area contributed by atoms with Crippen molar-refractivity contribution in [1.29, 1.82) is 0 Å². The standard InChI is InChI=1S/C36H37NO7/c1-21(2)25-18-17-22(3)19-30(25)43-36(41)26-13-8-9-16-29(26)37-31(38)20-42-35(40)28-15-10-14-27-32(39)23(4)33(44-34(27)28)24-11-6-5-7-12-24/h5-16,21-22,25,30H,17-20H2,1-4H3,(H,37,38)/t22-,25+,30+/m0/s1. The molecular weight excluding hydrogens is 558 g/mol. The number of anilines is 1. The van der Waals surface area contributed by atoms with E-state index in [0.29, 0.717) is 28.7 Å². The molecule has 0 bridgehead atoms. The molecule has 0 unspecified atom stereocenters. The highest BCUT2D eigenvalue weighted by Crippen LogP contribution is 2.36. The number of para-hydroxylation sites is 2. The molecule has 1 fully saturated rings. The lowest BCUT2D eigenvalue weighted by Gasteiger charge is -2.36. The highest BCUT2D eigenvalue weighted by molar-refractivity contribution is 6.05. The van der Waals surface area contributed by atoms with Gasteiger partial charge >= 0.3 is 11.9 Å². The number of carbonyl (C=O) groups is 3. The lowest BCUT2D eigenvalue weighted by Crippen LogP contribution is -2.36. The van der Waals surface area contributed by atoms with Crippen molar-refractivity contribution in [1.82, 2.24) is 0 Å². The van der Waals surface area contributed by atoms with Crippen LogP contribution in [0.5, 0.6) is 0 Å². The van der Waals surface area contributed by atoms with Crippen LogP contribution in [0.3, 0.4) is 0 Å². The van der Waals surface area contributed by atoms with E-state index in [9.17, 15) is 19.2 Å². The first-order chi connectivity index (χ1) is 21.1. The smallest absolute Gasteiger partial charge is 0.342 e. The summed E-state index contributed by atoms with van der Waals surface area (Å²) in [6.45, 7) is 7.52. The summed E-state index contributed by atoms with van der Waals surface area (Å²) < 4.78 is 17.4. The van der Waals surface area contributed by atoms with E-state index < -0.39 is 24.5 Å². The first-order valence-electron chi connectivity index (χ1n) is 15.0. The summed E-state index contributed by atoms with van der Waals surface area (Å²) in [5.41, 5.74) is 1.45. The molecule has 1 heterocycles. The van der Waals surface area contributed by atoms with Gasteiger partial charge in [0.15, 0.2) is 17.6 Å². The summed E-state index contributed by atoms with van der Waals surface area (Å²) in [4.78, 5) is 52.4. The minimum Gasteiger partial charge on any atom is -0.458 e. The summed E-state index contributed by atoms with van der Waals surface area (Å²) in [5, 5.41) is 2.91. The van der Waals surface area contributed by atoms with Crippen molar-refractivity contribution < 1.29 is 28.3 Å². The maximum atomic E-state index is 13.3. The summed E-state index contributed by atoms with van der Waals surface area (Å²) in [6.07, 6.45) is 2.73. The Kier molecular flexibility index (Phi) is 9.28. The number of fused-ring (bicyclic) bond motifs is 1. The highest BCUT2D eigenvalue weighted by Gasteiger charge is 2.34. The maximum Gasteiger partial charge on any atom is 0.342 e. The molecule has 0 radical (unpaired) electrons. The van der Waals surface area contributed by atoms with E-state index in [1.807, 2.05) is 30.3 Å². The van der Waals surface area contributed by atoms with Gasteiger partial charge in [0.1, 0.15) is 17.4 Å². The molecule has 5 rings (SSSR count). The quantitative estimate of drug-likeness (QED) is 0.215. The number of esters is 2. The van der Waals surface area contributed by atoms with Crippen LogP contribution in [0.25, 0.3) is 22.3 Å². The van der Waals surface area contributed by atoms with Gasteiger partial charge in [-0.05, 0) is 61.8 Å². The predicted molar refractivity (Wildman–Crippen MR) is 169 cm³/mol. The third-order valence-electron chi connectivity index (χ3n) is 8.38. The van der Waals surface area contributed by atoms with Crippen LogP contribution in [-0.2, 0) is 14.3 Å². The van der Waals surface area contributed by atoms with Crippen molar-refractivity contribution in [3.05, 3.63) is 99.7 Å². The van der Waals surface area contributed by atoms with E-state index in [4.69, 9.17) is 13.9 Å². The molecule has 1 amide bonds. The molecule has 8 heteroatoms. The Bertz CT molecular complexity index is 1740. The minimum absolute atomic E-state index is 0.0231. The van der Waals surface area contributed by atoms with Crippen molar-refractivity contribution in [3.8, 4) is 11.3 Å². The molecule has 1 aliphatic rings. The number of ether oxygens (including phenoxy) is 2. The molecule has 44 heavy (non-hydrogen) atoms. The molecule has 8 nitrogen and oxygen atoms in total. The molecule has 1 aliphatic carbocycles. The van der Waals surface area contributed by atoms with Crippen LogP contribution >= 0.6 is 0 Å². The Morgan fingerprint density at radius 3 is 2.36 bits per heavy atom. The zero-order valence-electron chi connectivity index (χ0n) is 25.4. The monoisotopic (exact) mass is 595 g/mol. The van der Waals surface area contributed by atoms with Crippen LogP contribution in [0.1, 0.15) is 66.3 Å². The van der Waals surface area contributed by atoms with Crippen molar-refractivity contribution in [2.45, 2.75) is 53.1 Å². The largest absolute Gasteiger partial charge is 0.458 e. The van der Waals surface area contributed by atoms with Crippen molar-refractivity contribution in [2.24, 2.45) is 17.8 Å². The second-order valence-corrected chi connectivity index (χ2v) is 11.9. The molecule has 3 aromatic carbocycles. The lowest BCUT2D eigenvalue weighted by molar-refractivity contribution is -0.119. The van der Waals surface area contributed by atoms with Crippen molar-refractivity contribution in [2.75, 3.05) is 11.9 Å². The number of nitrogens with one attached hydrogen (secondary N) is 1. The van der Waals surface area contributed by atoms with Gasteiger partial charge in [-0.3, -0.25) is 9.59 Å². The van der Waals surface area contributed by atoms with Gasteiger partial charge in [0, 0.05) is 11.1 Å². The number of rotatable bonds is 8. The second-order valence-electron chi connectivity index (χ2n) is 11.9. The van der Waals surface area contributed by atoms with Gasteiger partial charge in [-0.1, -0.05) is 75.7 Å². The SMILES string of the molecule is Cc1c(-c2ccccc2)oc2c(C(=O)OCC(=O)Nc3ccccc3C(=O)O[C@@H]3C[C@@H](C)CC[C@@H]3C(C)C)cccc2c1=O. The fraction of sp³-hybridized carbons (Fsp3) is 0.333. The predicted octanol–water partition coefficient (Wildman–Crippen LogP) is 7.18. The van der Waals surface area contributed by atoms with Gasteiger partial charge in [0.2, 0.25) is 0 Å². The molecule has 0 aliphatic heterocycles. The number of amides is 1. The molecule has 1 N–H and O–H groups in total. The number of carbonyl (C=O) groups excluding carboxylic acids is 3. The highest BCUT2D eigenvalue weighted by atomic mass is 16.5. The van der Waals surface area contributed by atoms with Crippen LogP contribution in [0.4, 0.5) is 5.69 Å². The van der Waals surface area contributed by atoms with Crippen molar-refractivity contribution in [3.63, 3.8) is 0 Å². The van der Waals surface area contributed by atoms with Gasteiger partial charge in [0.05, 0.1) is 16.6 Å². The Morgan fingerprint density at radius 1 is 0.909 bits per heavy atom. The third-order valence-corrected chi connectivity index (χ3v) is 8.38. The number of benzene rings is 3. The third kappa shape index (κ3) is 6.59. The zero-order valence-corrected chi connectivity index (χ0v) is 25.4. The zero-order chi connectivity index (χ0) is 31.4. The summed E-state index contributed by atoms with van der Waals surface area (Å²) in [7, 11) is 0. The van der Waals surface area contributed by atoms with Gasteiger partial charge in [-0.25, -0.2) is 9.59 Å². The normalized spacial score (nSPS) is 18.2. The Labute approximate surface area is 256 Å². The van der Waals surface area contributed by atoms with Crippen LogP contribution in [0.2, 0.25) is 0 Å². The van der Waals surface area contributed by atoms with Crippen LogP contribution in [0, 0.1) is 24.7 Å². The fourth-order valence-electron chi connectivity index (χ4n) is 5.95. The van der Waals surface area contributed by atoms with E-state index in [-0.39, 0.29) is 45.2 Å². The number of hydrogen-bond donors (Lipinski definition) is 1. The van der Waals surface area contributed by atoms with E-state index in [1.54, 1.807) is 43.3 Å². The van der Waals surface area contributed by atoms with Crippen LogP contribution < -0.4 is 10.7 Å². The minimum atomic E-state index is -0.824. The second kappa shape index (κ2) is 13.3. The van der Waals surface area contributed by atoms with Crippen LogP contribution in [-0.4, -0.2) is 30.6 Å². The van der Waals surface area contributed by atoms with Crippen LogP contribution in [0.15, 0.2) is 82.0 Å².